The predicted molar refractivity (Wildman–Crippen MR) is 59.1 cm³/mol. The molecule has 3 heteroatoms. The highest BCUT2D eigenvalue weighted by Gasteiger charge is 1.93. The molecule has 0 spiro atoms. The fourth-order valence-electron chi connectivity index (χ4n) is 1.02. The molecule has 0 heterocycles. The van der Waals surface area contributed by atoms with Gasteiger partial charge in [-0.15, -0.1) is 0 Å². The summed E-state index contributed by atoms with van der Waals surface area (Å²) < 4.78 is 0. The fourth-order valence-corrected chi connectivity index (χ4v) is 1.02. The van der Waals surface area contributed by atoms with Gasteiger partial charge in [-0.1, -0.05) is 12.1 Å². The van der Waals surface area contributed by atoms with E-state index in [4.69, 9.17) is 0 Å². The molecule has 0 saturated carbocycles. The first-order chi connectivity index (χ1) is 6.70. The molecule has 3 nitrogen and oxygen atoms in total. The molecule has 0 aromatic heterocycles. The van der Waals surface area contributed by atoms with Crippen molar-refractivity contribution in [3.8, 4) is 5.75 Å². The van der Waals surface area contributed by atoms with Crippen LogP contribution < -0.4 is 0 Å². The molecule has 1 aromatic rings. The van der Waals surface area contributed by atoms with E-state index >= 15 is 0 Å². The molecule has 0 unspecified atom stereocenters. The third-order valence-corrected chi connectivity index (χ3v) is 1.84. The van der Waals surface area contributed by atoms with Crippen molar-refractivity contribution in [2.24, 2.45) is 4.99 Å². The molecule has 0 amide bonds. The second kappa shape index (κ2) is 5.40. The second-order valence-corrected chi connectivity index (χ2v) is 3.40. The van der Waals surface area contributed by atoms with Gasteiger partial charge in [-0.25, -0.2) is 0 Å². The quantitative estimate of drug-likeness (QED) is 0.731. The lowest BCUT2D eigenvalue weighted by molar-refractivity contribution is 0.421. The Morgan fingerprint density at radius 1 is 1.36 bits per heavy atom. The van der Waals surface area contributed by atoms with E-state index < -0.39 is 0 Å². The van der Waals surface area contributed by atoms with Crippen LogP contribution in [0.2, 0.25) is 0 Å². The van der Waals surface area contributed by atoms with Gasteiger partial charge < -0.3 is 10.0 Å². The van der Waals surface area contributed by atoms with E-state index in [1.807, 2.05) is 26.2 Å². The Bertz CT molecular complexity index is 308. The molecule has 0 aliphatic heterocycles. The minimum Gasteiger partial charge on any atom is -0.507 e. The molecule has 0 aliphatic rings. The Morgan fingerprint density at radius 2 is 2.07 bits per heavy atom. The van der Waals surface area contributed by atoms with Crippen molar-refractivity contribution in [2.75, 3.05) is 27.2 Å². The third-order valence-electron chi connectivity index (χ3n) is 1.84. The number of hydrogen-bond donors (Lipinski definition) is 1. The molecular weight excluding hydrogens is 176 g/mol. The zero-order valence-corrected chi connectivity index (χ0v) is 8.64. The van der Waals surface area contributed by atoms with Gasteiger partial charge in [0.2, 0.25) is 0 Å². The van der Waals surface area contributed by atoms with Gasteiger partial charge in [0.25, 0.3) is 0 Å². The Labute approximate surface area is 84.7 Å². The van der Waals surface area contributed by atoms with Crippen molar-refractivity contribution < 1.29 is 5.11 Å². The number of aromatic hydroxyl groups is 1. The van der Waals surface area contributed by atoms with Gasteiger partial charge >= 0.3 is 0 Å². The van der Waals surface area contributed by atoms with Crippen molar-refractivity contribution in [3.63, 3.8) is 0 Å². The zero-order valence-electron chi connectivity index (χ0n) is 8.64. The summed E-state index contributed by atoms with van der Waals surface area (Å²) >= 11 is 0. The summed E-state index contributed by atoms with van der Waals surface area (Å²) in [6.07, 6.45) is 1.71. The Hall–Kier alpha value is -1.35. The van der Waals surface area contributed by atoms with Gasteiger partial charge in [-0.05, 0) is 26.2 Å². The van der Waals surface area contributed by atoms with Crippen LogP contribution in [0.1, 0.15) is 5.56 Å². The van der Waals surface area contributed by atoms with Crippen LogP contribution in [0, 0.1) is 0 Å². The van der Waals surface area contributed by atoms with E-state index in [0.717, 1.165) is 18.7 Å². The van der Waals surface area contributed by atoms with Crippen molar-refractivity contribution in [1.29, 1.82) is 0 Å². The third kappa shape index (κ3) is 3.58. The summed E-state index contributed by atoms with van der Waals surface area (Å²) in [5.41, 5.74) is 0.770. The lowest BCUT2D eigenvalue weighted by atomic mass is 10.2. The average Bonchev–Trinajstić information content (AvgIpc) is 2.15. The first-order valence-electron chi connectivity index (χ1n) is 4.62. The lowest BCUT2D eigenvalue weighted by Gasteiger charge is -2.05. The molecule has 0 fully saturated rings. The minimum absolute atomic E-state index is 0.279. The number of rotatable bonds is 4. The number of hydrogen-bond acceptors (Lipinski definition) is 3. The number of para-hydroxylation sites is 1. The van der Waals surface area contributed by atoms with Crippen LogP contribution in [0.15, 0.2) is 29.3 Å². The zero-order chi connectivity index (χ0) is 10.4. The van der Waals surface area contributed by atoms with Crippen LogP contribution in [0.4, 0.5) is 0 Å². The average molecular weight is 192 g/mol. The largest absolute Gasteiger partial charge is 0.507 e. The van der Waals surface area contributed by atoms with Gasteiger partial charge in [-0.2, -0.15) is 0 Å². The molecule has 0 saturated heterocycles. The normalized spacial score (nSPS) is 11.4. The van der Waals surface area contributed by atoms with Gasteiger partial charge in [0, 0.05) is 18.3 Å². The number of likely N-dealkylation sites (N-methyl/N-ethyl adjacent to an activating group) is 1. The SMILES string of the molecule is CN(C)CC/N=C/c1ccccc1O. The molecule has 1 aromatic carbocycles. The van der Waals surface area contributed by atoms with Gasteiger partial charge in [0.15, 0.2) is 0 Å². The molecule has 14 heavy (non-hydrogen) atoms. The predicted octanol–water partition coefficient (Wildman–Crippen LogP) is 1.37. The monoisotopic (exact) mass is 192 g/mol. The van der Waals surface area contributed by atoms with Crippen LogP contribution in [0.25, 0.3) is 0 Å². The first kappa shape index (κ1) is 10.7. The molecule has 1 N–H and O–H groups in total. The number of benzene rings is 1. The minimum atomic E-state index is 0.279. The molecule has 0 atom stereocenters. The van der Waals surface area contributed by atoms with Crippen LogP contribution in [0.3, 0.4) is 0 Å². The van der Waals surface area contributed by atoms with Crippen molar-refractivity contribution >= 4 is 6.21 Å². The van der Waals surface area contributed by atoms with E-state index in [1.54, 1.807) is 18.3 Å². The van der Waals surface area contributed by atoms with E-state index in [2.05, 4.69) is 9.89 Å². The molecular formula is C11H16N2O. The molecule has 76 valence electrons. The molecule has 0 bridgehead atoms. The highest BCUT2D eigenvalue weighted by atomic mass is 16.3. The van der Waals surface area contributed by atoms with Crippen LogP contribution in [-0.4, -0.2) is 43.4 Å². The number of aliphatic imine (C=N–C) groups is 1. The van der Waals surface area contributed by atoms with E-state index in [0.29, 0.717) is 0 Å². The first-order valence-corrected chi connectivity index (χ1v) is 4.62. The summed E-state index contributed by atoms with van der Waals surface area (Å²) in [5, 5.41) is 9.42. The summed E-state index contributed by atoms with van der Waals surface area (Å²) in [4.78, 5) is 6.29. The summed E-state index contributed by atoms with van der Waals surface area (Å²) in [7, 11) is 4.02. The standard InChI is InChI=1S/C11H16N2O/c1-13(2)8-7-12-9-10-5-3-4-6-11(10)14/h3-6,9,14H,7-8H2,1-2H3/b12-9+. The lowest BCUT2D eigenvalue weighted by Crippen LogP contribution is -2.15. The number of phenols is 1. The maximum atomic E-state index is 9.42. The smallest absolute Gasteiger partial charge is 0.124 e. The highest BCUT2D eigenvalue weighted by Crippen LogP contribution is 2.12. The molecule has 0 aliphatic carbocycles. The molecule has 1 rings (SSSR count). The van der Waals surface area contributed by atoms with Gasteiger partial charge in [0.1, 0.15) is 5.75 Å². The second-order valence-electron chi connectivity index (χ2n) is 3.40. The maximum Gasteiger partial charge on any atom is 0.124 e. The number of phenolic OH excluding ortho intramolecular Hbond substituents is 1. The van der Waals surface area contributed by atoms with Gasteiger partial charge in [0.05, 0.1) is 6.54 Å². The fraction of sp³-hybridized carbons (Fsp3) is 0.364. The van der Waals surface area contributed by atoms with E-state index in [9.17, 15) is 5.11 Å². The summed E-state index contributed by atoms with van der Waals surface area (Å²) in [6.45, 7) is 1.67. The molecule has 0 radical (unpaired) electrons. The van der Waals surface area contributed by atoms with E-state index in [1.165, 1.54) is 0 Å². The number of nitrogens with zero attached hydrogens (tertiary/aromatic N) is 2. The maximum absolute atomic E-state index is 9.42. The summed E-state index contributed by atoms with van der Waals surface area (Å²) in [5.74, 6) is 0.279. The van der Waals surface area contributed by atoms with Gasteiger partial charge in [-0.3, -0.25) is 4.99 Å². The Balaban J connectivity index is 2.48. The van der Waals surface area contributed by atoms with Crippen molar-refractivity contribution in [3.05, 3.63) is 29.8 Å². The van der Waals surface area contributed by atoms with Crippen molar-refractivity contribution in [2.45, 2.75) is 0 Å². The van der Waals surface area contributed by atoms with Crippen LogP contribution in [0.5, 0.6) is 5.75 Å². The van der Waals surface area contributed by atoms with E-state index in [-0.39, 0.29) is 5.75 Å². The van der Waals surface area contributed by atoms with Crippen LogP contribution in [-0.2, 0) is 0 Å². The topological polar surface area (TPSA) is 35.8 Å². The van der Waals surface area contributed by atoms with Crippen LogP contribution >= 0.6 is 0 Å². The Kier molecular flexibility index (Phi) is 4.13. The Morgan fingerprint density at radius 3 is 2.71 bits per heavy atom. The highest BCUT2D eigenvalue weighted by molar-refractivity contribution is 5.83. The van der Waals surface area contributed by atoms with Crippen molar-refractivity contribution in [1.82, 2.24) is 4.90 Å². The summed E-state index contributed by atoms with van der Waals surface area (Å²) in [6, 6.07) is 7.18.